The molecule has 0 aliphatic heterocycles. The van der Waals surface area contributed by atoms with Crippen LogP contribution in [0.4, 0.5) is 0 Å². The average molecular weight is 355 g/mol. The summed E-state index contributed by atoms with van der Waals surface area (Å²) in [6, 6.07) is 18.3. The monoisotopic (exact) mass is 355 g/mol. The Labute approximate surface area is 149 Å². The maximum atomic E-state index is 11.3. The van der Waals surface area contributed by atoms with Crippen molar-refractivity contribution in [2.75, 3.05) is 0 Å². The fourth-order valence-corrected chi connectivity index (χ4v) is 4.11. The number of hydrogen-bond acceptors (Lipinski definition) is 3. The Hall–Kier alpha value is -2.00. The second-order valence-electron chi connectivity index (χ2n) is 6.19. The minimum Gasteiger partial charge on any atom is -0.566 e. The van der Waals surface area contributed by atoms with Crippen LogP contribution in [0, 0.1) is 0 Å². The number of hydrogen-bond donors (Lipinski definition) is 0. The van der Waals surface area contributed by atoms with Gasteiger partial charge in [0.15, 0.2) is 5.60 Å². The first-order valence-electron chi connectivity index (χ1n) is 8.55. The molecule has 130 valence electrons. The summed E-state index contributed by atoms with van der Waals surface area (Å²) in [6.07, 6.45) is 3.22. The summed E-state index contributed by atoms with van der Waals surface area (Å²) < 4.78 is 19.0. The van der Waals surface area contributed by atoms with Gasteiger partial charge < -0.3 is 9.46 Å². The van der Waals surface area contributed by atoms with Gasteiger partial charge in [-0.1, -0.05) is 62.4 Å². The summed E-state index contributed by atoms with van der Waals surface area (Å²) in [6.45, 7) is 4.66. The van der Waals surface area contributed by atoms with E-state index in [0.717, 1.165) is 23.0 Å². The largest absolute Gasteiger partial charge is 0.566 e. The van der Waals surface area contributed by atoms with Crippen molar-refractivity contribution in [3.05, 3.63) is 71.9 Å². The fourth-order valence-electron chi connectivity index (χ4n) is 3.47. The molecular formula is C20H22NO3P. The Balaban J connectivity index is 2.14. The van der Waals surface area contributed by atoms with E-state index in [1.54, 1.807) is 0 Å². The predicted octanol–water partition coefficient (Wildman–Crippen LogP) is 4.74. The van der Waals surface area contributed by atoms with Gasteiger partial charge in [-0.2, -0.15) is 0 Å². The van der Waals surface area contributed by atoms with Gasteiger partial charge in [-0.25, -0.2) is 0 Å². The Kier molecular flexibility index (Phi) is 5.33. The van der Waals surface area contributed by atoms with Crippen molar-refractivity contribution in [3.63, 3.8) is 0 Å². The summed E-state index contributed by atoms with van der Waals surface area (Å²) in [5.74, 6) is 0. The number of fused-ring (bicyclic) bond motifs is 1. The second kappa shape index (κ2) is 7.49. The van der Waals surface area contributed by atoms with Gasteiger partial charge in [-0.05, 0) is 29.0 Å². The smallest absolute Gasteiger partial charge is 0.489 e. The van der Waals surface area contributed by atoms with Crippen LogP contribution in [0.25, 0.3) is 10.9 Å². The molecule has 0 spiro atoms. The normalized spacial score (nSPS) is 12.5. The topological polar surface area (TPSA) is 54.3 Å². The fraction of sp³-hybridized carbons (Fsp3) is 0.300. The third kappa shape index (κ3) is 3.52. The lowest BCUT2D eigenvalue weighted by molar-refractivity contribution is -0.197. The molecule has 3 aromatic rings. The molecule has 1 aromatic heterocycles. The van der Waals surface area contributed by atoms with Crippen molar-refractivity contribution in [2.45, 2.75) is 38.8 Å². The van der Waals surface area contributed by atoms with E-state index in [9.17, 15) is 9.46 Å². The number of aromatic nitrogens is 1. The zero-order chi connectivity index (χ0) is 17.9. The molecule has 0 amide bonds. The number of nitrogens with zero attached hydrogens (tertiary/aromatic N) is 1. The van der Waals surface area contributed by atoms with Crippen LogP contribution in [0.2, 0.25) is 0 Å². The summed E-state index contributed by atoms with van der Waals surface area (Å²) in [5, 5.41) is 1.04. The minimum atomic E-state index is -2.93. The molecule has 2 aromatic carbocycles. The molecule has 1 atom stereocenters. The van der Waals surface area contributed by atoms with Crippen LogP contribution in [0.15, 0.2) is 60.8 Å². The molecule has 0 radical (unpaired) electrons. The predicted molar refractivity (Wildman–Crippen MR) is 98.4 cm³/mol. The highest BCUT2D eigenvalue weighted by Gasteiger charge is 2.38. The van der Waals surface area contributed by atoms with E-state index in [1.165, 1.54) is 5.56 Å². The van der Waals surface area contributed by atoms with E-state index >= 15 is 0 Å². The lowest BCUT2D eigenvalue weighted by Crippen LogP contribution is -2.26. The molecule has 0 aliphatic carbocycles. The Morgan fingerprint density at radius 2 is 1.68 bits per heavy atom. The van der Waals surface area contributed by atoms with Gasteiger partial charge in [0.25, 0.3) is 0 Å². The van der Waals surface area contributed by atoms with Crippen LogP contribution < -0.4 is 4.89 Å². The van der Waals surface area contributed by atoms with Crippen molar-refractivity contribution in [1.29, 1.82) is 0 Å². The Morgan fingerprint density at radius 1 is 1.04 bits per heavy atom. The number of rotatable bonds is 7. The van der Waals surface area contributed by atoms with Crippen molar-refractivity contribution in [3.8, 4) is 0 Å². The van der Waals surface area contributed by atoms with Gasteiger partial charge in [0, 0.05) is 29.2 Å². The van der Waals surface area contributed by atoms with Crippen LogP contribution in [0.3, 0.4) is 0 Å². The van der Waals surface area contributed by atoms with Gasteiger partial charge in [-0.3, -0.25) is 0 Å². The van der Waals surface area contributed by atoms with E-state index in [0.29, 0.717) is 12.8 Å². The highest BCUT2D eigenvalue weighted by molar-refractivity contribution is 7.30. The molecule has 25 heavy (non-hydrogen) atoms. The van der Waals surface area contributed by atoms with E-state index < -0.39 is 13.9 Å². The molecule has 3 rings (SSSR count). The zero-order valence-corrected chi connectivity index (χ0v) is 15.4. The highest BCUT2D eigenvalue weighted by Crippen LogP contribution is 2.42. The van der Waals surface area contributed by atoms with Crippen LogP contribution in [0.5, 0.6) is 0 Å². The van der Waals surface area contributed by atoms with E-state index in [1.807, 2.05) is 56.4 Å². The SMILES string of the molecule is CCC(CC)(O[P+](=O)[O-])c1cn(Cc2ccccc2)c2ccccc12. The number of para-hydroxylation sites is 1. The third-order valence-corrected chi connectivity index (χ3v) is 5.37. The summed E-state index contributed by atoms with van der Waals surface area (Å²) in [5.41, 5.74) is 2.39. The lowest BCUT2D eigenvalue weighted by atomic mass is 9.88. The maximum absolute atomic E-state index is 11.3. The van der Waals surface area contributed by atoms with Crippen LogP contribution in [-0.2, 0) is 21.2 Å². The van der Waals surface area contributed by atoms with Crippen molar-refractivity contribution in [2.24, 2.45) is 0 Å². The molecule has 0 saturated carbocycles. The molecule has 0 aliphatic rings. The molecule has 0 bridgehead atoms. The standard InChI is InChI=1S/C20H22NO3P/c1-3-20(4-2,24-25(22)23)18-15-21(14-16-10-6-5-7-11-16)19-13-9-8-12-17(18)19/h5-13,15H,3-4,14H2,1-2H3. The first-order valence-corrected chi connectivity index (χ1v) is 9.65. The van der Waals surface area contributed by atoms with Crippen molar-refractivity contribution in [1.82, 2.24) is 4.57 Å². The van der Waals surface area contributed by atoms with Crippen LogP contribution in [-0.4, -0.2) is 4.57 Å². The van der Waals surface area contributed by atoms with Gasteiger partial charge in [0.1, 0.15) is 0 Å². The second-order valence-corrected chi connectivity index (χ2v) is 6.82. The van der Waals surface area contributed by atoms with Crippen LogP contribution >= 0.6 is 8.25 Å². The maximum Gasteiger partial charge on any atom is 0.489 e. The average Bonchev–Trinajstić information content (AvgIpc) is 3.00. The molecule has 0 N–H and O–H groups in total. The molecule has 4 nitrogen and oxygen atoms in total. The van der Waals surface area contributed by atoms with E-state index in [4.69, 9.17) is 4.52 Å². The molecular weight excluding hydrogens is 333 g/mol. The van der Waals surface area contributed by atoms with Gasteiger partial charge in [0.05, 0.1) is 0 Å². The van der Waals surface area contributed by atoms with E-state index in [2.05, 4.69) is 22.8 Å². The third-order valence-electron chi connectivity index (χ3n) is 4.87. The molecule has 1 unspecified atom stereocenters. The van der Waals surface area contributed by atoms with Crippen molar-refractivity contribution < 1.29 is 14.0 Å². The van der Waals surface area contributed by atoms with Gasteiger partial charge >= 0.3 is 8.25 Å². The molecule has 5 heteroatoms. The Bertz CT molecular complexity index is 869. The van der Waals surface area contributed by atoms with E-state index in [-0.39, 0.29) is 0 Å². The Morgan fingerprint density at radius 3 is 2.32 bits per heavy atom. The highest BCUT2D eigenvalue weighted by atomic mass is 31.1. The van der Waals surface area contributed by atoms with Gasteiger partial charge in [-0.15, -0.1) is 4.52 Å². The summed E-state index contributed by atoms with van der Waals surface area (Å²) >= 11 is 0. The molecule has 0 saturated heterocycles. The summed E-state index contributed by atoms with van der Waals surface area (Å²) in [7, 11) is -2.93. The van der Waals surface area contributed by atoms with Gasteiger partial charge in [0.2, 0.25) is 0 Å². The van der Waals surface area contributed by atoms with Crippen LogP contribution in [0.1, 0.15) is 37.8 Å². The first-order chi connectivity index (χ1) is 12.1. The molecule has 1 heterocycles. The lowest BCUT2D eigenvalue weighted by Gasteiger charge is -2.25. The van der Waals surface area contributed by atoms with Crippen molar-refractivity contribution >= 4 is 19.2 Å². The zero-order valence-electron chi connectivity index (χ0n) is 14.5. The minimum absolute atomic E-state index is 0.589. The number of benzene rings is 2. The first kappa shape index (κ1) is 17.8. The quantitative estimate of drug-likeness (QED) is 0.575. The summed E-state index contributed by atoms with van der Waals surface area (Å²) in [4.78, 5) is 11.3. The molecule has 0 fully saturated rings.